The molecule has 1 unspecified atom stereocenters. The zero-order valence-corrected chi connectivity index (χ0v) is 47.3. The standard InChI is InChI=1S/C23H18O5.3C12H13NO.C7H10N2O3.CH4/c1-12(2)15-10-18-21(11-19(15)25)27-20-9-13(24)7-8-17(20)23(18)16-6-4-3-5-14(16)22(26)28-23;2*1-8(2)11-10(14)6-5-9-4-3-7-13-12(9)11;1-8(2)12-10-6-4-3-5-9(10)11(14)7-13-12;1-3(2)4-5(10)8-7(12)9-6(4)11;/h3-12,24-25H,1-2H3;3*3-8,14H,1-2H3;3-4H,1-2H3,(H2,8,9,10,11,12);1H4. The van der Waals surface area contributed by atoms with Crippen LogP contribution in [0.4, 0.5) is 4.79 Å². The molecule has 3 aliphatic heterocycles. The Morgan fingerprint density at radius 2 is 1.05 bits per heavy atom. The van der Waals surface area contributed by atoms with Gasteiger partial charge in [0.2, 0.25) is 11.8 Å². The van der Waals surface area contributed by atoms with E-state index < -0.39 is 35.3 Å². The van der Waals surface area contributed by atoms with Crippen LogP contribution in [0.2, 0.25) is 0 Å². The second-order valence-electron chi connectivity index (χ2n) is 21.7. The number of amides is 4. The number of fused-ring (bicyclic) bond motifs is 9. The molecule has 1 atom stereocenters. The number of hydrogen-bond donors (Lipinski definition) is 7. The number of barbiturate groups is 1. The number of pyridine rings is 3. The van der Waals surface area contributed by atoms with Gasteiger partial charge in [0.15, 0.2) is 5.60 Å². The molecule has 4 amide bonds. The Morgan fingerprint density at radius 3 is 1.59 bits per heavy atom. The van der Waals surface area contributed by atoms with Gasteiger partial charge in [-0.1, -0.05) is 131 Å². The summed E-state index contributed by atoms with van der Waals surface area (Å²) in [7, 11) is 0. The Bertz CT molecular complexity index is 3780. The number of carbonyl (C=O) groups excluding carboxylic acids is 4. The van der Waals surface area contributed by atoms with Gasteiger partial charge in [-0.3, -0.25) is 35.2 Å². The van der Waals surface area contributed by atoms with Gasteiger partial charge in [0.1, 0.15) is 46.2 Å². The molecule has 9 aromatic rings. The topological polar surface area (TPSA) is 251 Å². The zero-order chi connectivity index (χ0) is 59.3. The summed E-state index contributed by atoms with van der Waals surface area (Å²) in [5.74, 6) is 0.585. The van der Waals surface area contributed by atoms with Crippen molar-refractivity contribution < 1.29 is 54.2 Å². The summed E-state index contributed by atoms with van der Waals surface area (Å²) in [6, 6.07) is 37.6. The summed E-state index contributed by atoms with van der Waals surface area (Å²) < 4.78 is 12.0. The second kappa shape index (κ2) is 25.5. The number of ether oxygens (including phenoxy) is 2. The minimum absolute atomic E-state index is 0. The first-order chi connectivity index (χ1) is 39.0. The number of phenolic OH excluding ortho intramolecular Hbond substituents is 4. The highest BCUT2D eigenvalue weighted by Crippen LogP contribution is 2.58. The van der Waals surface area contributed by atoms with Crippen molar-refractivity contribution in [1.82, 2.24) is 25.6 Å². The molecular weight excluding hydrogens is 1050 g/mol. The summed E-state index contributed by atoms with van der Waals surface area (Å²) in [5.41, 5.74) is 6.77. The molecule has 3 aliphatic rings. The van der Waals surface area contributed by atoms with E-state index in [4.69, 9.17) is 9.47 Å². The fourth-order valence-electron chi connectivity index (χ4n) is 10.4. The smallest absolute Gasteiger partial charge is 0.340 e. The molecular formula is C67H71N5O11. The fraction of sp³-hybridized carbons (Fsp3) is 0.269. The van der Waals surface area contributed by atoms with Crippen LogP contribution in [0.3, 0.4) is 0 Å². The van der Waals surface area contributed by atoms with Crippen molar-refractivity contribution in [2.45, 2.75) is 106 Å². The number of benzene rings is 6. The lowest BCUT2D eigenvalue weighted by atomic mass is 9.76. The highest BCUT2D eigenvalue weighted by molar-refractivity contribution is 6.16. The van der Waals surface area contributed by atoms with Gasteiger partial charge in [0.05, 0.1) is 28.5 Å². The number of aromatic hydroxyl groups is 5. The van der Waals surface area contributed by atoms with Crippen LogP contribution in [0.15, 0.2) is 146 Å². The Balaban J connectivity index is 0.000000156. The molecule has 6 heterocycles. The molecule has 1 spiro atoms. The Kier molecular flexibility index (Phi) is 18.7. The fourth-order valence-corrected chi connectivity index (χ4v) is 10.4. The molecule has 83 heavy (non-hydrogen) atoms. The van der Waals surface area contributed by atoms with Crippen molar-refractivity contribution in [3.63, 3.8) is 0 Å². The van der Waals surface area contributed by atoms with Crippen LogP contribution in [0, 0.1) is 11.8 Å². The normalized spacial score (nSPS) is 14.8. The van der Waals surface area contributed by atoms with Crippen molar-refractivity contribution in [2.24, 2.45) is 11.8 Å². The third-order valence-electron chi connectivity index (χ3n) is 14.3. The first kappa shape index (κ1) is 61.1. The average Bonchev–Trinajstić information content (AvgIpc) is 3.89. The summed E-state index contributed by atoms with van der Waals surface area (Å²) in [6.45, 7) is 19.9. The van der Waals surface area contributed by atoms with Gasteiger partial charge >= 0.3 is 12.0 Å². The van der Waals surface area contributed by atoms with Gasteiger partial charge in [-0.05, 0) is 95.8 Å². The number of rotatable bonds is 5. The van der Waals surface area contributed by atoms with Gasteiger partial charge in [-0.2, -0.15) is 0 Å². The van der Waals surface area contributed by atoms with Crippen LogP contribution in [0.25, 0.3) is 32.6 Å². The van der Waals surface area contributed by atoms with Gasteiger partial charge in [-0.15, -0.1) is 0 Å². The SMILES string of the molecule is C.CC(C)C1C(=O)NC(=O)NC1=O.CC(C)c1c(O)ccc2cccnc12.CC(C)c1c(O)ccc2cccnc12.CC(C)c1cc2c(cc1O)Oc1cc(O)ccc1C21OC(=O)c2ccccc21.CC(C)c1ncc(O)c2ccccc12. The van der Waals surface area contributed by atoms with Gasteiger partial charge < -0.3 is 35.0 Å². The maximum absolute atomic E-state index is 12.7. The third kappa shape index (κ3) is 12.5. The molecule has 6 aromatic carbocycles. The predicted molar refractivity (Wildman–Crippen MR) is 321 cm³/mol. The zero-order valence-electron chi connectivity index (χ0n) is 47.3. The maximum Gasteiger partial charge on any atom is 0.340 e. The number of imide groups is 2. The first-order valence-corrected chi connectivity index (χ1v) is 27.1. The highest BCUT2D eigenvalue weighted by atomic mass is 16.6. The molecule has 1 saturated heterocycles. The number of hydrogen-bond acceptors (Lipinski definition) is 14. The van der Waals surface area contributed by atoms with Crippen molar-refractivity contribution in [3.8, 4) is 40.2 Å². The van der Waals surface area contributed by atoms with E-state index in [1.165, 1.54) is 12.3 Å². The minimum atomic E-state index is -1.19. The maximum atomic E-state index is 12.7. The number of carbonyl (C=O) groups is 4. The van der Waals surface area contributed by atoms with Crippen molar-refractivity contribution in [2.75, 3.05) is 0 Å². The predicted octanol–water partition coefficient (Wildman–Crippen LogP) is 14.2. The van der Waals surface area contributed by atoms with Crippen LogP contribution in [-0.2, 0) is 19.9 Å². The van der Waals surface area contributed by atoms with E-state index in [0.29, 0.717) is 45.6 Å². The lowest BCUT2D eigenvalue weighted by molar-refractivity contribution is -0.137. The Hall–Kier alpha value is -9.57. The van der Waals surface area contributed by atoms with Crippen LogP contribution in [-0.4, -0.2) is 64.3 Å². The summed E-state index contributed by atoms with van der Waals surface area (Å²) in [4.78, 5) is 58.3. The van der Waals surface area contributed by atoms with E-state index in [-0.39, 0.29) is 48.3 Å². The van der Waals surface area contributed by atoms with Gasteiger partial charge in [0.25, 0.3) is 0 Å². The molecule has 3 aromatic heterocycles. The van der Waals surface area contributed by atoms with Crippen molar-refractivity contribution >= 4 is 56.4 Å². The third-order valence-corrected chi connectivity index (χ3v) is 14.3. The largest absolute Gasteiger partial charge is 0.508 e. The molecule has 430 valence electrons. The summed E-state index contributed by atoms with van der Waals surface area (Å²) in [5, 5.41) is 57.7. The van der Waals surface area contributed by atoms with Crippen LogP contribution in [0.1, 0.15) is 150 Å². The molecule has 0 saturated carbocycles. The lowest BCUT2D eigenvalue weighted by Crippen LogP contribution is -2.57. The minimum Gasteiger partial charge on any atom is -0.508 e. The summed E-state index contributed by atoms with van der Waals surface area (Å²) in [6.07, 6.45) is 5.04. The number of esters is 1. The van der Waals surface area contributed by atoms with E-state index in [9.17, 15) is 44.7 Å². The molecule has 12 rings (SSSR count). The molecule has 7 N–H and O–H groups in total. The first-order valence-electron chi connectivity index (χ1n) is 27.1. The molecule has 16 nitrogen and oxygen atoms in total. The number of aromatic nitrogens is 3. The van der Waals surface area contributed by atoms with Crippen LogP contribution < -0.4 is 15.4 Å². The summed E-state index contributed by atoms with van der Waals surface area (Å²) >= 11 is 0. The monoisotopic (exact) mass is 1120 g/mol. The number of nitrogens with one attached hydrogen (secondary N) is 2. The molecule has 1 fully saturated rings. The van der Waals surface area contributed by atoms with E-state index in [1.807, 2.05) is 103 Å². The van der Waals surface area contributed by atoms with E-state index >= 15 is 0 Å². The van der Waals surface area contributed by atoms with Gasteiger partial charge in [-0.25, -0.2) is 9.59 Å². The molecule has 16 heteroatoms. The number of urea groups is 1. The lowest BCUT2D eigenvalue weighted by Gasteiger charge is -2.37. The molecule has 0 aliphatic carbocycles. The Morgan fingerprint density at radius 1 is 0.506 bits per heavy atom. The van der Waals surface area contributed by atoms with E-state index in [1.54, 1.807) is 68.7 Å². The quantitative estimate of drug-likeness (QED) is 0.0626. The average molecular weight is 1120 g/mol. The van der Waals surface area contributed by atoms with Crippen LogP contribution in [0.5, 0.6) is 40.2 Å². The van der Waals surface area contributed by atoms with Crippen molar-refractivity contribution in [1.29, 1.82) is 0 Å². The van der Waals surface area contributed by atoms with Crippen LogP contribution >= 0.6 is 0 Å². The van der Waals surface area contributed by atoms with E-state index in [0.717, 1.165) is 60.5 Å². The number of phenols is 4. The Labute approximate surface area is 482 Å². The second-order valence-corrected chi connectivity index (χ2v) is 21.7. The molecule has 0 radical (unpaired) electrons. The van der Waals surface area contributed by atoms with Gasteiger partial charge in [0, 0.05) is 73.9 Å². The van der Waals surface area contributed by atoms with Crippen molar-refractivity contribution in [3.05, 3.63) is 191 Å². The number of nitrogens with zero attached hydrogens (tertiary/aromatic N) is 3. The highest BCUT2D eigenvalue weighted by Gasteiger charge is 2.54. The van der Waals surface area contributed by atoms with E-state index in [2.05, 4.69) is 56.5 Å². The molecule has 0 bridgehead atoms.